The van der Waals surface area contributed by atoms with Crippen LogP contribution < -0.4 is 5.32 Å². The Balaban J connectivity index is 3.56. The Kier molecular flexibility index (Phi) is 4.86. The van der Waals surface area contributed by atoms with Crippen LogP contribution in [-0.2, 0) is 4.79 Å². The van der Waals surface area contributed by atoms with Crippen molar-refractivity contribution in [3.8, 4) is 0 Å². The van der Waals surface area contributed by atoms with Gasteiger partial charge in [-0.1, -0.05) is 6.92 Å². The highest BCUT2D eigenvalue weighted by Crippen LogP contribution is 1.88. The topological polar surface area (TPSA) is 32.3 Å². The van der Waals surface area contributed by atoms with Gasteiger partial charge in [0.15, 0.2) is 0 Å². The summed E-state index contributed by atoms with van der Waals surface area (Å²) in [5, 5.41) is 3.24. The number of rotatable bonds is 4. The molecule has 66 valence electrons. The van der Waals surface area contributed by atoms with Crippen molar-refractivity contribution >= 4 is 5.91 Å². The third kappa shape index (κ3) is 4.79. The van der Waals surface area contributed by atoms with E-state index < -0.39 is 0 Å². The van der Waals surface area contributed by atoms with Gasteiger partial charge in [-0.3, -0.25) is 4.79 Å². The van der Waals surface area contributed by atoms with Crippen molar-refractivity contribution in [2.24, 2.45) is 0 Å². The average molecular weight is 158 g/mol. The number of amides is 1. The summed E-state index contributed by atoms with van der Waals surface area (Å²) in [7, 11) is 1.82. The van der Waals surface area contributed by atoms with E-state index in [1.807, 2.05) is 7.05 Å². The molecule has 0 aromatic rings. The van der Waals surface area contributed by atoms with Gasteiger partial charge in [0.2, 0.25) is 5.91 Å². The maximum absolute atomic E-state index is 10.8. The average Bonchev–Trinajstić information content (AvgIpc) is 1.87. The van der Waals surface area contributed by atoms with E-state index in [-0.39, 0.29) is 5.91 Å². The number of carbonyl (C=O) groups is 1. The smallest absolute Gasteiger partial charge is 0.219 e. The van der Waals surface area contributed by atoms with Gasteiger partial charge in [0.05, 0.1) is 0 Å². The van der Waals surface area contributed by atoms with Gasteiger partial charge >= 0.3 is 0 Å². The molecule has 0 bridgehead atoms. The van der Waals surface area contributed by atoms with E-state index >= 15 is 0 Å². The van der Waals surface area contributed by atoms with Crippen molar-refractivity contribution in [3.63, 3.8) is 0 Å². The first-order chi connectivity index (χ1) is 5.07. The molecule has 0 aliphatic carbocycles. The van der Waals surface area contributed by atoms with Crippen molar-refractivity contribution in [2.75, 3.05) is 20.1 Å². The van der Waals surface area contributed by atoms with E-state index in [9.17, 15) is 4.79 Å². The molecule has 1 amide bonds. The summed E-state index contributed by atoms with van der Waals surface area (Å²) in [4.78, 5) is 12.5. The van der Waals surface area contributed by atoms with Crippen LogP contribution in [0.5, 0.6) is 0 Å². The molecule has 0 fully saturated rings. The van der Waals surface area contributed by atoms with Crippen LogP contribution in [0.1, 0.15) is 20.8 Å². The molecular formula is C8H18N2O. The summed E-state index contributed by atoms with van der Waals surface area (Å²) in [6, 6.07) is 0.383. The second kappa shape index (κ2) is 5.13. The minimum absolute atomic E-state index is 0.120. The number of hydrogen-bond acceptors (Lipinski definition) is 2. The SMILES string of the molecule is CCNC(C)CN(C)C(C)=O. The molecule has 0 heterocycles. The summed E-state index contributed by atoms with van der Waals surface area (Å²) in [5.74, 6) is 0.120. The quantitative estimate of drug-likeness (QED) is 0.644. The van der Waals surface area contributed by atoms with Crippen LogP contribution in [0.4, 0.5) is 0 Å². The lowest BCUT2D eigenvalue weighted by Crippen LogP contribution is -2.39. The standard InChI is InChI=1S/C8H18N2O/c1-5-9-7(2)6-10(4)8(3)11/h7,9H,5-6H2,1-4H3. The summed E-state index contributed by atoms with van der Waals surface area (Å²) in [5.41, 5.74) is 0. The minimum Gasteiger partial charge on any atom is -0.344 e. The first-order valence-corrected chi connectivity index (χ1v) is 4.03. The van der Waals surface area contributed by atoms with Crippen molar-refractivity contribution in [1.82, 2.24) is 10.2 Å². The van der Waals surface area contributed by atoms with Crippen molar-refractivity contribution in [2.45, 2.75) is 26.8 Å². The molecule has 0 saturated carbocycles. The molecule has 0 radical (unpaired) electrons. The predicted octanol–water partition coefficient (Wildman–Crippen LogP) is 0.463. The Bertz CT molecular complexity index is 125. The maximum atomic E-state index is 10.8. The van der Waals surface area contributed by atoms with Gasteiger partial charge in [0.1, 0.15) is 0 Å². The Morgan fingerprint density at radius 2 is 2.18 bits per heavy atom. The first-order valence-electron chi connectivity index (χ1n) is 4.03. The molecule has 0 aromatic carbocycles. The minimum atomic E-state index is 0.120. The van der Waals surface area contributed by atoms with Crippen LogP contribution in [0.25, 0.3) is 0 Å². The van der Waals surface area contributed by atoms with Crippen LogP contribution in [0.3, 0.4) is 0 Å². The lowest BCUT2D eigenvalue weighted by Gasteiger charge is -2.20. The molecule has 0 aliphatic heterocycles. The number of carbonyl (C=O) groups excluding carboxylic acids is 1. The van der Waals surface area contributed by atoms with Crippen molar-refractivity contribution in [1.29, 1.82) is 0 Å². The third-order valence-electron chi connectivity index (χ3n) is 1.64. The molecule has 3 nitrogen and oxygen atoms in total. The second-order valence-corrected chi connectivity index (χ2v) is 2.86. The molecular weight excluding hydrogens is 140 g/mol. The second-order valence-electron chi connectivity index (χ2n) is 2.86. The predicted molar refractivity (Wildman–Crippen MR) is 46.4 cm³/mol. The summed E-state index contributed by atoms with van der Waals surface area (Å²) in [6.45, 7) is 7.45. The van der Waals surface area contributed by atoms with E-state index in [0.717, 1.165) is 13.1 Å². The molecule has 0 aliphatic rings. The van der Waals surface area contributed by atoms with Crippen LogP contribution in [0.15, 0.2) is 0 Å². The molecule has 1 atom stereocenters. The molecule has 3 heteroatoms. The largest absolute Gasteiger partial charge is 0.344 e. The lowest BCUT2D eigenvalue weighted by molar-refractivity contribution is -0.127. The highest BCUT2D eigenvalue weighted by atomic mass is 16.2. The number of likely N-dealkylation sites (N-methyl/N-ethyl adjacent to an activating group) is 2. The fourth-order valence-electron chi connectivity index (χ4n) is 0.952. The van der Waals surface area contributed by atoms with E-state index in [4.69, 9.17) is 0 Å². The van der Waals surface area contributed by atoms with E-state index in [1.165, 1.54) is 0 Å². The summed E-state index contributed by atoms with van der Waals surface area (Å²) < 4.78 is 0. The van der Waals surface area contributed by atoms with Gasteiger partial charge in [-0.15, -0.1) is 0 Å². The number of nitrogens with one attached hydrogen (secondary N) is 1. The van der Waals surface area contributed by atoms with Gasteiger partial charge in [-0.25, -0.2) is 0 Å². The molecule has 11 heavy (non-hydrogen) atoms. The van der Waals surface area contributed by atoms with Crippen LogP contribution in [0, 0.1) is 0 Å². The number of nitrogens with zero attached hydrogens (tertiary/aromatic N) is 1. The highest BCUT2D eigenvalue weighted by Gasteiger charge is 2.06. The molecule has 0 spiro atoms. The van der Waals surface area contributed by atoms with Crippen molar-refractivity contribution < 1.29 is 4.79 Å². The Hall–Kier alpha value is -0.570. The van der Waals surface area contributed by atoms with Gasteiger partial charge in [-0.05, 0) is 13.5 Å². The Labute approximate surface area is 68.8 Å². The Morgan fingerprint density at radius 3 is 2.55 bits per heavy atom. The fourth-order valence-corrected chi connectivity index (χ4v) is 0.952. The zero-order chi connectivity index (χ0) is 8.85. The molecule has 1 unspecified atom stereocenters. The molecule has 0 aromatic heterocycles. The van der Waals surface area contributed by atoms with E-state index in [1.54, 1.807) is 11.8 Å². The molecule has 0 rings (SSSR count). The molecule has 1 N–H and O–H groups in total. The normalized spacial score (nSPS) is 12.7. The van der Waals surface area contributed by atoms with E-state index in [0.29, 0.717) is 6.04 Å². The van der Waals surface area contributed by atoms with Gasteiger partial charge in [0.25, 0.3) is 0 Å². The summed E-state index contributed by atoms with van der Waals surface area (Å²) in [6.07, 6.45) is 0. The lowest BCUT2D eigenvalue weighted by atomic mass is 10.3. The fraction of sp³-hybridized carbons (Fsp3) is 0.875. The van der Waals surface area contributed by atoms with Crippen LogP contribution >= 0.6 is 0 Å². The summed E-state index contributed by atoms with van der Waals surface area (Å²) >= 11 is 0. The van der Waals surface area contributed by atoms with Crippen LogP contribution in [0.2, 0.25) is 0 Å². The zero-order valence-corrected chi connectivity index (χ0v) is 7.85. The van der Waals surface area contributed by atoms with Gasteiger partial charge < -0.3 is 10.2 Å². The third-order valence-corrected chi connectivity index (χ3v) is 1.64. The van der Waals surface area contributed by atoms with E-state index in [2.05, 4.69) is 19.2 Å². The zero-order valence-electron chi connectivity index (χ0n) is 7.85. The maximum Gasteiger partial charge on any atom is 0.219 e. The number of hydrogen-bond donors (Lipinski definition) is 1. The molecule has 0 saturated heterocycles. The monoisotopic (exact) mass is 158 g/mol. The Morgan fingerprint density at radius 1 is 1.64 bits per heavy atom. The van der Waals surface area contributed by atoms with Crippen LogP contribution in [-0.4, -0.2) is 37.0 Å². The first kappa shape index (κ1) is 10.4. The van der Waals surface area contributed by atoms with Gasteiger partial charge in [-0.2, -0.15) is 0 Å². The van der Waals surface area contributed by atoms with Crippen molar-refractivity contribution in [3.05, 3.63) is 0 Å². The highest BCUT2D eigenvalue weighted by molar-refractivity contribution is 5.72. The van der Waals surface area contributed by atoms with Gasteiger partial charge in [0, 0.05) is 26.6 Å².